The monoisotopic (exact) mass is 252 g/mol. The standard InChI is InChI=1S/C14H20O4/c1-4-17-13(15)11-5-7-12(8-6-11)18-10-9-14(2,3)16/h5-8,16H,4,9-10H2,1-3H3. The van der Waals surface area contributed by atoms with Crippen molar-refractivity contribution in [3.63, 3.8) is 0 Å². The zero-order valence-corrected chi connectivity index (χ0v) is 11.1. The number of aliphatic hydroxyl groups is 1. The van der Waals surface area contributed by atoms with Gasteiger partial charge in [0, 0.05) is 6.42 Å². The molecule has 4 heteroatoms. The summed E-state index contributed by atoms with van der Waals surface area (Å²) >= 11 is 0. The highest BCUT2D eigenvalue weighted by Gasteiger charge is 2.12. The molecule has 0 saturated heterocycles. The summed E-state index contributed by atoms with van der Waals surface area (Å²) in [6, 6.07) is 6.77. The summed E-state index contributed by atoms with van der Waals surface area (Å²) in [4.78, 5) is 11.4. The van der Waals surface area contributed by atoms with Gasteiger partial charge in [-0.25, -0.2) is 4.79 Å². The Bertz CT molecular complexity index is 376. The Hall–Kier alpha value is -1.55. The van der Waals surface area contributed by atoms with Crippen LogP contribution in [0.4, 0.5) is 0 Å². The van der Waals surface area contributed by atoms with Crippen LogP contribution in [0.15, 0.2) is 24.3 Å². The molecule has 0 aliphatic heterocycles. The number of carbonyl (C=O) groups is 1. The average molecular weight is 252 g/mol. The van der Waals surface area contributed by atoms with Crippen LogP contribution in [0.3, 0.4) is 0 Å². The van der Waals surface area contributed by atoms with Crippen LogP contribution in [0.1, 0.15) is 37.6 Å². The first-order valence-corrected chi connectivity index (χ1v) is 6.05. The van der Waals surface area contributed by atoms with Gasteiger partial charge in [-0.1, -0.05) is 0 Å². The van der Waals surface area contributed by atoms with Crippen LogP contribution in [0.25, 0.3) is 0 Å². The highest BCUT2D eigenvalue weighted by molar-refractivity contribution is 5.89. The Balaban J connectivity index is 2.48. The molecule has 0 atom stereocenters. The molecule has 0 aromatic heterocycles. The van der Waals surface area contributed by atoms with Crippen molar-refractivity contribution in [1.82, 2.24) is 0 Å². The topological polar surface area (TPSA) is 55.8 Å². The summed E-state index contributed by atoms with van der Waals surface area (Å²) in [5.41, 5.74) is -0.225. The molecule has 0 aliphatic carbocycles. The molecule has 1 rings (SSSR count). The van der Waals surface area contributed by atoms with Gasteiger partial charge in [0.25, 0.3) is 0 Å². The van der Waals surface area contributed by atoms with Crippen molar-refractivity contribution in [2.45, 2.75) is 32.8 Å². The minimum atomic E-state index is -0.731. The SMILES string of the molecule is CCOC(=O)c1ccc(OCCC(C)(C)O)cc1. The third kappa shape index (κ3) is 5.19. The van der Waals surface area contributed by atoms with E-state index >= 15 is 0 Å². The van der Waals surface area contributed by atoms with Crippen molar-refractivity contribution in [2.24, 2.45) is 0 Å². The minimum Gasteiger partial charge on any atom is -0.493 e. The van der Waals surface area contributed by atoms with E-state index in [4.69, 9.17) is 9.47 Å². The lowest BCUT2D eigenvalue weighted by Gasteiger charge is -2.17. The molecule has 0 radical (unpaired) electrons. The van der Waals surface area contributed by atoms with Crippen LogP contribution < -0.4 is 4.74 Å². The summed E-state index contributed by atoms with van der Waals surface area (Å²) in [6.45, 7) is 6.04. The minimum absolute atomic E-state index is 0.333. The molecule has 1 aromatic carbocycles. The second-order valence-electron chi connectivity index (χ2n) is 4.66. The van der Waals surface area contributed by atoms with Crippen LogP contribution in [0.2, 0.25) is 0 Å². The quantitative estimate of drug-likeness (QED) is 0.790. The summed E-state index contributed by atoms with van der Waals surface area (Å²) in [5.74, 6) is 0.341. The van der Waals surface area contributed by atoms with E-state index in [1.807, 2.05) is 0 Å². The van der Waals surface area contributed by atoms with E-state index in [0.29, 0.717) is 30.9 Å². The van der Waals surface area contributed by atoms with Gasteiger partial charge < -0.3 is 14.6 Å². The summed E-state index contributed by atoms with van der Waals surface area (Å²) < 4.78 is 10.3. The molecule has 0 fully saturated rings. The molecule has 4 nitrogen and oxygen atoms in total. The third-order valence-corrected chi connectivity index (χ3v) is 2.35. The Morgan fingerprint density at radius 3 is 2.39 bits per heavy atom. The van der Waals surface area contributed by atoms with Gasteiger partial charge >= 0.3 is 5.97 Å². The smallest absolute Gasteiger partial charge is 0.338 e. The van der Waals surface area contributed by atoms with E-state index in [9.17, 15) is 9.90 Å². The van der Waals surface area contributed by atoms with E-state index in [-0.39, 0.29) is 5.97 Å². The zero-order chi connectivity index (χ0) is 13.6. The van der Waals surface area contributed by atoms with Gasteiger partial charge in [-0.2, -0.15) is 0 Å². The van der Waals surface area contributed by atoms with Crippen LogP contribution in [-0.4, -0.2) is 29.9 Å². The lowest BCUT2D eigenvalue weighted by Crippen LogP contribution is -2.21. The number of esters is 1. The molecule has 0 spiro atoms. The summed E-state index contributed by atoms with van der Waals surface area (Å²) in [5, 5.41) is 9.53. The van der Waals surface area contributed by atoms with E-state index in [1.165, 1.54) is 0 Å². The Labute approximate surface area is 108 Å². The van der Waals surface area contributed by atoms with Crippen molar-refractivity contribution >= 4 is 5.97 Å². The van der Waals surface area contributed by atoms with Gasteiger partial charge in [0.1, 0.15) is 5.75 Å². The van der Waals surface area contributed by atoms with Crippen LogP contribution in [0, 0.1) is 0 Å². The maximum atomic E-state index is 11.4. The van der Waals surface area contributed by atoms with E-state index in [2.05, 4.69) is 0 Å². The first-order valence-electron chi connectivity index (χ1n) is 6.05. The molecule has 0 heterocycles. The number of benzene rings is 1. The Morgan fingerprint density at radius 1 is 1.28 bits per heavy atom. The molecule has 1 aromatic rings. The van der Waals surface area contributed by atoms with Crippen molar-refractivity contribution in [1.29, 1.82) is 0 Å². The highest BCUT2D eigenvalue weighted by Crippen LogP contribution is 2.15. The van der Waals surface area contributed by atoms with Gasteiger partial charge in [-0.3, -0.25) is 0 Å². The first kappa shape index (κ1) is 14.5. The summed E-state index contributed by atoms with van der Waals surface area (Å²) in [6.07, 6.45) is 0.548. The maximum Gasteiger partial charge on any atom is 0.338 e. The molecule has 0 saturated carbocycles. The number of carbonyl (C=O) groups excluding carboxylic acids is 1. The molecular formula is C14H20O4. The van der Waals surface area contributed by atoms with Crippen molar-refractivity contribution in [2.75, 3.05) is 13.2 Å². The average Bonchev–Trinajstić information content (AvgIpc) is 2.28. The molecule has 0 bridgehead atoms. The van der Waals surface area contributed by atoms with Crippen molar-refractivity contribution in [3.05, 3.63) is 29.8 Å². The number of hydrogen-bond donors (Lipinski definition) is 1. The van der Waals surface area contributed by atoms with E-state index < -0.39 is 5.60 Å². The molecule has 100 valence electrons. The first-order chi connectivity index (χ1) is 8.42. The van der Waals surface area contributed by atoms with Crippen LogP contribution in [0.5, 0.6) is 5.75 Å². The molecule has 0 aliphatic rings. The second kappa shape index (κ2) is 6.40. The zero-order valence-electron chi connectivity index (χ0n) is 11.1. The Morgan fingerprint density at radius 2 is 1.89 bits per heavy atom. The van der Waals surface area contributed by atoms with Gasteiger partial charge in [-0.05, 0) is 45.0 Å². The molecule has 0 amide bonds. The lowest BCUT2D eigenvalue weighted by molar-refractivity contribution is 0.0526. The number of hydrogen-bond acceptors (Lipinski definition) is 4. The predicted octanol–water partition coefficient (Wildman–Crippen LogP) is 2.40. The second-order valence-corrected chi connectivity index (χ2v) is 4.66. The largest absolute Gasteiger partial charge is 0.493 e. The highest BCUT2D eigenvalue weighted by atomic mass is 16.5. The predicted molar refractivity (Wildman–Crippen MR) is 68.8 cm³/mol. The molecule has 1 N–H and O–H groups in total. The van der Waals surface area contributed by atoms with E-state index in [0.717, 1.165) is 0 Å². The van der Waals surface area contributed by atoms with Gasteiger partial charge in [0.2, 0.25) is 0 Å². The third-order valence-electron chi connectivity index (χ3n) is 2.35. The molecule has 18 heavy (non-hydrogen) atoms. The fourth-order valence-corrected chi connectivity index (χ4v) is 1.32. The van der Waals surface area contributed by atoms with Crippen molar-refractivity contribution in [3.8, 4) is 5.75 Å². The van der Waals surface area contributed by atoms with Gasteiger partial charge in [0.05, 0.1) is 24.4 Å². The van der Waals surface area contributed by atoms with Gasteiger partial charge in [-0.15, -0.1) is 0 Å². The summed E-state index contributed by atoms with van der Waals surface area (Å²) in [7, 11) is 0. The van der Waals surface area contributed by atoms with Crippen LogP contribution in [-0.2, 0) is 4.74 Å². The Kier molecular flexibility index (Phi) is 5.16. The normalized spacial score (nSPS) is 11.1. The van der Waals surface area contributed by atoms with E-state index in [1.54, 1.807) is 45.0 Å². The van der Waals surface area contributed by atoms with Gasteiger partial charge in [0.15, 0.2) is 0 Å². The van der Waals surface area contributed by atoms with Crippen LogP contribution >= 0.6 is 0 Å². The maximum absolute atomic E-state index is 11.4. The number of rotatable bonds is 6. The lowest BCUT2D eigenvalue weighted by atomic mass is 10.1. The fourth-order valence-electron chi connectivity index (χ4n) is 1.32. The molecular weight excluding hydrogens is 232 g/mol. The van der Waals surface area contributed by atoms with Crippen molar-refractivity contribution < 1.29 is 19.4 Å². The number of ether oxygens (including phenoxy) is 2. The fraction of sp³-hybridized carbons (Fsp3) is 0.500. The molecule has 0 unspecified atom stereocenters.